The van der Waals surface area contributed by atoms with E-state index in [1.165, 1.54) is 24.3 Å². The molecule has 0 radical (unpaired) electrons. The SMILES string of the molecule is O=C(O)C(O)c1cccc(-c2ccc(OC(F)(F)F)cc2)c1F. The number of aliphatic hydroxyl groups is 1. The highest BCUT2D eigenvalue weighted by molar-refractivity contribution is 5.76. The Morgan fingerprint density at radius 3 is 2.22 bits per heavy atom. The number of aliphatic carboxylic acids is 1. The minimum Gasteiger partial charge on any atom is -0.479 e. The highest BCUT2D eigenvalue weighted by atomic mass is 19.4. The second kappa shape index (κ2) is 6.25. The van der Waals surface area contributed by atoms with Crippen molar-refractivity contribution in [3.63, 3.8) is 0 Å². The van der Waals surface area contributed by atoms with E-state index in [1.54, 1.807) is 0 Å². The van der Waals surface area contributed by atoms with Crippen LogP contribution in [-0.2, 0) is 4.79 Å². The first-order valence-corrected chi connectivity index (χ1v) is 6.24. The van der Waals surface area contributed by atoms with Crippen LogP contribution >= 0.6 is 0 Å². The van der Waals surface area contributed by atoms with Crippen LogP contribution in [0.5, 0.6) is 5.75 Å². The normalized spacial score (nSPS) is 12.7. The number of rotatable bonds is 4. The molecular formula is C15H10F4O4. The van der Waals surface area contributed by atoms with Gasteiger partial charge in [-0.05, 0) is 17.7 Å². The Hall–Kier alpha value is -2.61. The van der Waals surface area contributed by atoms with E-state index in [0.717, 1.165) is 18.2 Å². The molecule has 2 rings (SSSR count). The van der Waals surface area contributed by atoms with Crippen molar-refractivity contribution in [2.75, 3.05) is 0 Å². The summed E-state index contributed by atoms with van der Waals surface area (Å²) in [5, 5.41) is 18.2. The molecule has 1 unspecified atom stereocenters. The maximum atomic E-state index is 14.3. The first kappa shape index (κ1) is 16.8. The highest BCUT2D eigenvalue weighted by Crippen LogP contribution is 2.30. The molecule has 0 spiro atoms. The van der Waals surface area contributed by atoms with Gasteiger partial charge in [-0.2, -0.15) is 0 Å². The second-order valence-corrected chi connectivity index (χ2v) is 4.52. The van der Waals surface area contributed by atoms with Crippen molar-refractivity contribution in [3.8, 4) is 16.9 Å². The summed E-state index contributed by atoms with van der Waals surface area (Å²) in [4.78, 5) is 10.7. The van der Waals surface area contributed by atoms with Gasteiger partial charge in [0.2, 0.25) is 0 Å². The van der Waals surface area contributed by atoms with Crippen LogP contribution in [0.25, 0.3) is 11.1 Å². The van der Waals surface area contributed by atoms with Crippen LogP contribution in [0.15, 0.2) is 42.5 Å². The van der Waals surface area contributed by atoms with E-state index in [0.29, 0.717) is 0 Å². The Labute approximate surface area is 127 Å². The van der Waals surface area contributed by atoms with Crippen LogP contribution in [0.3, 0.4) is 0 Å². The van der Waals surface area contributed by atoms with Crippen molar-refractivity contribution in [1.29, 1.82) is 0 Å². The predicted octanol–water partition coefficient (Wildman–Crippen LogP) is 3.51. The number of alkyl halides is 3. The number of halogens is 4. The van der Waals surface area contributed by atoms with Crippen LogP contribution in [-0.4, -0.2) is 22.5 Å². The number of carboxylic acids is 1. The molecule has 122 valence electrons. The molecular weight excluding hydrogens is 320 g/mol. The van der Waals surface area contributed by atoms with Gasteiger partial charge in [-0.25, -0.2) is 9.18 Å². The molecule has 0 fully saturated rings. The smallest absolute Gasteiger partial charge is 0.479 e. The second-order valence-electron chi connectivity index (χ2n) is 4.52. The van der Waals surface area contributed by atoms with E-state index >= 15 is 0 Å². The van der Waals surface area contributed by atoms with Gasteiger partial charge in [0.25, 0.3) is 0 Å². The molecule has 23 heavy (non-hydrogen) atoms. The molecule has 2 aromatic rings. The third kappa shape index (κ3) is 3.98. The Balaban J connectivity index is 2.36. The monoisotopic (exact) mass is 330 g/mol. The lowest BCUT2D eigenvalue weighted by Crippen LogP contribution is -2.16. The molecule has 0 aromatic heterocycles. The molecule has 0 heterocycles. The molecule has 0 aliphatic carbocycles. The summed E-state index contributed by atoms with van der Waals surface area (Å²) in [6.45, 7) is 0. The lowest BCUT2D eigenvalue weighted by Gasteiger charge is -2.12. The van der Waals surface area contributed by atoms with Gasteiger partial charge in [0.15, 0.2) is 6.10 Å². The first-order chi connectivity index (χ1) is 10.7. The third-order valence-corrected chi connectivity index (χ3v) is 2.96. The van der Waals surface area contributed by atoms with Crippen LogP contribution in [0, 0.1) is 5.82 Å². The molecule has 0 saturated carbocycles. The molecule has 2 aromatic carbocycles. The average Bonchev–Trinajstić information content (AvgIpc) is 2.46. The van der Waals surface area contributed by atoms with E-state index in [-0.39, 0.29) is 11.1 Å². The van der Waals surface area contributed by atoms with Gasteiger partial charge in [0.05, 0.1) is 0 Å². The zero-order chi connectivity index (χ0) is 17.2. The number of hydrogen-bond donors (Lipinski definition) is 2. The zero-order valence-corrected chi connectivity index (χ0v) is 11.3. The minimum atomic E-state index is -4.84. The van der Waals surface area contributed by atoms with Crippen LogP contribution in [0.4, 0.5) is 17.6 Å². The molecule has 0 amide bonds. The van der Waals surface area contributed by atoms with Gasteiger partial charge >= 0.3 is 12.3 Å². The van der Waals surface area contributed by atoms with E-state index in [4.69, 9.17) is 5.11 Å². The van der Waals surface area contributed by atoms with Crippen molar-refractivity contribution in [2.24, 2.45) is 0 Å². The van der Waals surface area contributed by atoms with E-state index in [1.807, 2.05) is 0 Å². The average molecular weight is 330 g/mol. The molecule has 4 nitrogen and oxygen atoms in total. The lowest BCUT2D eigenvalue weighted by atomic mass is 9.99. The Morgan fingerprint density at radius 2 is 1.70 bits per heavy atom. The Kier molecular flexibility index (Phi) is 4.55. The summed E-state index contributed by atoms with van der Waals surface area (Å²) in [7, 11) is 0. The number of hydrogen-bond acceptors (Lipinski definition) is 3. The number of aliphatic hydroxyl groups excluding tert-OH is 1. The summed E-state index contributed by atoms with van der Waals surface area (Å²) in [5.74, 6) is -3.05. The summed E-state index contributed by atoms with van der Waals surface area (Å²) in [6.07, 6.45) is -6.87. The number of benzene rings is 2. The van der Waals surface area contributed by atoms with Crippen LogP contribution < -0.4 is 4.74 Å². The van der Waals surface area contributed by atoms with Gasteiger partial charge in [0, 0.05) is 11.1 Å². The van der Waals surface area contributed by atoms with Crippen LogP contribution in [0.2, 0.25) is 0 Å². The molecule has 0 aliphatic rings. The number of carbonyl (C=O) groups is 1. The van der Waals surface area contributed by atoms with Crippen molar-refractivity contribution >= 4 is 5.97 Å². The number of ether oxygens (including phenoxy) is 1. The Morgan fingerprint density at radius 1 is 1.09 bits per heavy atom. The zero-order valence-electron chi connectivity index (χ0n) is 11.3. The molecule has 0 bridgehead atoms. The van der Waals surface area contributed by atoms with Gasteiger partial charge in [-0.3, -0.25) is 0 Å². The van der Waals surface area contributed by atoms with Crippen molar-refractivity contribution in [2.45, 2.75) is 12.5 Å². The quantitative estimate of drug-likeness (QED) is 0.842. The molecule has 8 heteroatoms. The topological polar surface area (TPSA) is 66.8 Å². The van der Waals surface area contributed by atoms with Gasteiger partial charge in [-0.15, -0.1) is 13.2 Å². The fraction of sp³-hybridized carbons (Fsp3) is 0.133. The molecule has 0 saturated heterocycles. The van der Waals surface area contributed by atoms with Gasteiger partial charge in [-0.1, -0.05) is 30.3 Å². The lowest BCUT2D eigenvalue weighted by molar-refractivity contribution is -0.274. The predicted molar refractivity (Wildman–Crippen MR) is 71.1 cm³/mol. The summed E-state index contributed by atoms with van der Waals surface area (Å²) in [5.41, 5.74) is -0.288. The first-order valence-electron chi connectivity index (χ1n) is 6.24. The fourth-order valence-electron chi connectivity index (χ4n) is 1.95. The van der Waals surface area contributed by atoms with Gasteiger partial charge < -0.3 is 14.9 Å². The third-order valence-electron chi connectivity index (χ3n) is 2.96. The summed E-state index contributed by atoms with van der Waals surface area (Å²) in [6, 6.07) is 8.14. The fourth-order valence-corrected chi connectivity index (χ4v) is 1.95. The molecule has 2 N–H and O–H groups in total. The van der Waals surface area contributed by atoms with Crippen LogP contribution in [0.1, 0.15) is 11.7 Å². The Bertz CT molecular complexity index is 710. The minimum absolute atomic E-state index is 0.0543. The van der Waals surface area contributed by atoms with E-state index in [9.17, 15) is 27.5 Å². The molecule has 0 aliphatic heterocycles. The maximum absolute atomic E-state index is 14.3. The molecule has 1 atom stereocenters. The van der Waals surface area contributed by atoms with E-state index in [2.05, 4.69) is 4.74 Å². The maximum Gasteiger partial charge on any atom is 0.573 e. The largest absolute Gasteiger partial charge is 0.573 e. The highest BCUT2D eigenvalue weighted by Gasteiger charge is 2.31. The van der Waals surface area contributed by atoms with Crippen molar-refractivity contribution in [3.05, 3.63) is 53.8 Å². The summed E-state index contributed by atoms with van der Waals surface area (Å²) < 4.78 is 54.3. The van der Waals surface area contributed by atoms with Gasteiger partial charge in [0.1, 0.15) is 11.6 Å². The van der Waals surface area contributed by atoms with E-state index < -0.39 is 35.6 Å². The number of carboxylic acid groups (broad SMARTS) is 1. The summed E-state index contributed by atoms with van der Waals surface area (Å²) >= 11 is 0. The standard InChI is InChI=1S/C15H10F4O4/c16-12-10(2-1-3-11(12)13(20)14(21)22)8-4-6-9(7-5-8)23-15(17,18)19/h1-7,13,20H,(H,21,22). The van der Waals surface area contributed by atoms with Crippen molar-refractivity contribution in [1.82, 2.24) is 0 Å². The van der Waals surface area contributed by atoms with Crippen molar-refractivity contribution < 1.29 is 37.3 Å².